The maximum atomic E-state index is 13.2. The van der Waals surface area contributed by atoms with E-state index in [9.17, 15) is 4.79 Å². The maximum Gasteiger partial charge on any atom is 0.198 e. The van der Waals surface area contributed by atoms with Gasteiger partial charge in [-0.05, 0) is 29.3 Å². The number of epoxide rings is 1. The van der Waals surface area contributed by atoms with Gasteiger partial charge in [0, 0.05) is 13.2 Å². The summed E-state index contributed by atoms with van der Waals surface area (Å²) >= 11 is 0. The average Bonchev–Trinajstić information content (AvgIpc) is 3.53. The fourth-order valence-electron chi connectivity index (χ4n) is 3.21. The summed E-state index contributed by atoms with van der Waals surface area (Å²) in [6.07, 6.45) is -0.953. The number of rotatable bonds is 9. The van der Waals surface area contributed by atoms with Crippen LogP contribution in [0, 0.1) is 0 Å². The zero-order valence-electron chi connectivity index (χ0n) is 16.6. The summed E-state index contributed by atoms with van der Waals surface area (Å²) in [5.74, 6) is 2.07. The number of hydrogen-bond acceptors (Lipinski definition) is 7. The zero-order valence-corrected chi connectivity index (χ0v) is 16.6. The first kappa shape index (κ1) is 20.0. The number of hydrogen-bond donors (Lipinski definition) is 0. The van der Waals surface area contributed by atoms with Crippen LogP contribution in [0.1, 0.15) is 27.6 Å². The number of carbonyl (C=O) groups is 1. The molecule has 2 aromatic rings. The molecule has 0 N–H and O–H groups in total. The fraction of sp³-hybridized carbons (Fsp3) is 0.381. The van der Waals surface area contributed by atoms with Crippen molar-refractivity contribution in [2.24, 2.45) is 0 Å². The molecule has 28 heavy (non-hydrogen) atoms. The highest BCUT2D eigenvalue weighted by atomic mass is 16.6. The van der Waals surface area contributed by atoms with E-state index in [4.69, 9.17) is 28.4 Å². The molecule has 2 atom stereocenters. The molecule has 0 unspecified atom stereocenters. The Kier molecular flexibility index (Phi) is 6.06. The predicted molar refractivity (Wildman–Crippen MR) is 102 cm³/mol. The van der Waals surface area contributed by atoms with Gasteiger partial charge in [0.05, 0.1) is 40.6 Å². The summed E-state index contributed by atoms with van der Waals surface area (Å²) in [6.45, 7) is 0.252. The largest absolute Gasteiger partial charge is 0.497 e. The summed E-state index contributed by atoms with van der Waals surface area (Å²) in [7, 11) is 7.79. The molecule has 150 valence electrons. The number of methoxy groups -OCH3 is 5. The standard InChI is InChI=1S/C21H24O7/c1-23-11-13-8-14(24-2)10-17(27-5)18(13)19(22)21-20(28-21)12-6-7-15(25-3)16(9-12)26-4/h6-10,20-21H,11H2,1-5H3/t20-,21-/m0/s1. The third-order valence-electron chi connectivity index (χ3n) is 4.65. The van der Waals surface area contributed by atoms with Crippen LogP contribution in [0.15, 0.2) is 30.3 Å². The highest BCUT2D eigenvalue weighted by Gasteiger charge is 2.47. The first-order valence-corrected chi connectivity index (χ1v) is 8.73. The second kappa shape index (κ2) is 8.50. The minimum atomic E-state index is -0.601. The fourth-order valence-corrected chi connectivity index (χ4v) is 3.21. The van der Waals surface area contributed by atoms with Gasteiger partial charge >= 0.3 is 0 Å². The van der Waals surface area contributed by atoms with Crippen molar-refractivity contribution in [1.29, 1.82) is 0 Å². The monoisotopic (exact) mass is 388 g/mol. The van der Waals surface area contributed by atoms with Gasteiger partial charge in [-0.3, -0.25) is 4.79 Å². The van der Waals surface area contributed by atoms with Gasteiger partial charge in [-0.15, -0.1) is 0 Å². The molecule has 1 fully saturated rings. The van der Waals surface area contributed by atoms with Crippen LogP contribution in [0.3, 0.4) is 0 Å². The minimum Gasteiger partial charge on any atom is -0.497 e. The van der Waals surface area contributed by atoms with Gasteiger partial charge in [0.25, 0.3) is 0 Å². The van der Waals surface area contributed by atoms with Gasteiger partial charge in [-0.25, -0.2) is 0 Å². The Labute approximate surface area is 164 Å². The van der Waals surface area contributed by atoms with E-state index in [1.165, 1.54) is 7.11 Å². The third-order valence-corrected chi connectivity index (χ3v) is 4.65. The SMILES string of the molecule is COCc1cc(OC)cc(OC)c1C(=O)[C@@H]1O[C@H]1c1ccc(OC)c(OC)c1. The molecule has 0 spiro atoms. The van der Waals surface area contributed by atoms with Gasteiger partial charge in [0.15, 0.2) is 23.4 Å². The van der Waals surface area contributed by atoms with Crippen molar-refractivity contribution in [2.45, 2.75) is 18.8 Å². The summed E-state index contributed by atoms with van der Waals surface area (Å²) in [5.41, 5.74) is 1.97. The van der Waals surface area contributed by atoms with Crippen LogP contribution in [-0.2, 0) is 16.1 Å². The van der Waals surface area contributed by atoms with Crippen molar-refractivity contribution in [1.82, 2.24) is 0 Å². The van der Waals surface area contributed by atoms with Crippen LogP contribution in [0.5, 0.6) is 23.0 Å². The molecule has 0 amide bonds. The van der Waals surface area contributed by atoms with E-state index in [0.717, 1.165) is 5.56 Å². The Morgan fingerprint density at radius 3 is 2.21 bits per heavy atom. The molecule has 0 saturated carbocycles. The van der Waals surface area contributed by atoms with Crippen molar-refractivity contribution in [3.8, 4) is 23.0 Å². The van der Waals surface area contributed by atoms with Gasteiger partial charge in [-0.2, -0.15) is 0 Å². The van der Waals surface area contributed by atoms with Crippen LogP contribution in [0.2, 0.25) is 0 Å². The molecule has 0 aliphatic carbocycles. The third kappa shape index (κ3) is 3.76. The summed E-state index contributed by atoms with van der Waals surface area (Å²) in [5, 5.41) is 0. The Morgan fingerprint density at radius 2 is 1.61 bits per heavy atom. The van der Waals surface area contributed by atoms with Gasteiger partial charge < -0.3 is 28.4 Å². The first-order chi connectivity index (χ1) is 13.6. The van der Waals surface area contributed by atoms with Crippen LogP contribution in [0.25, 0.3) is 0 Å². The number of ether oxygens (including phenoxy) is 6. The van der Waals surface area contributed by atoms with Crippen molar-refractivity contribution in [3.63, 3.8) is 0 Å². The Balaban J connectivity index is 1.90. The number of benzene rings is 2. The van der Waals surface area contributed by atoms with E-state index in [-0.39, 0.29) is 18.5 Å². The molecule has 0 radical (unpaired) electrons. The van der Waals surface area contributed by atoms with Gasteiger partial charge in [-0.1, -0.05) is 6.07 Å². The molecule has 0 aromatic heterocycles. The molecule has 0 bridgehead atoms. The highest BCUT2D eigenvalue weighted by molar-refractivity contribution is 6.05. The van der Waals surface area contributed by atoms with Crippen molar-refractivity contribution >= 4 is 5.78 Å². The van der Waals surface area contributed by atoms with Gasteiger partial charge in [0.2, 0.25) is 0 Å². The molecule has 7 heteroatoms. The summed E-state index contributed by atoms with van der Waals surface area (Å²) < 4.78 is 32.3. The van der Waals surface area contributed by atoms with Crippen LogP contribution in [0.4, 0.5) is 0 Å². The average molecular weight is 388 g/mol. The normalized spacial score (nSPS) is 17.8. The smallest absolute Gasteiger partial charge is 0.198 e. The number of carbonyl (C=O) groups excluding carboxylic acids is 1. The maximum absolute atomic E-state index is 13.2. The summed E-state index contributed by atoms with van der Waals surface area (Å²) in [6, 6.07) is 8.92. The minimum absolute atomic E-state index is 0.161. The molecule has 1 saturated heterocycles. The number of ketones is 1. The molecule has 2 aromatic carbocycles. The lowest BCUT2D eigenvalue weighted by atomic mass is 9.97. The number of Topliss-reactive ketones (excluding diaryl/α,β-unsaturated/α-hetero) is 1. The topological polar surface area (TPSA) is 75.8 Å². The predicted octanol–water partition coefficient (Wildman–Crippen LogP) is 3.19. The molecular weight excluding hydrogens is 364 g/mol. The molecule has 7 nitrogen and oxygen atoms in total. The van der Waals surface area contributed by atoms with E-state index < -0.39 is 6.10 Å². The molecule has 1 heterocycles. The van der Waals surface area contributed by atoms with Crippen molar-refractivity contribution in [3.05, 3.63) is 47.0 Å². The van der Waals surface area contributed by atoms with E-state index in [2.05, 4.69) is 0 Å². The second-order valence-corrected chi connectivity index (χ2v) is 6.25. The lowest BCUT2D eigenvalue weighted by Crippen LogP contribution is -2.14. The quantitative estimate of drug-likeness (QED) is 0.482. The van der Waals surface area contributed by atoms with Gasteiger partial charge in [0.1, 0.15) is 17.6 Å². The van der Waals surface area contributed by atoms with Crippen molar-refractivity contribution < 1.29 is 33.2 Å². The Bertz CT molecular complexity index is 862. The molecule has 1 aliphatic rings. The second-order valence-electron chi connectivity index (χ2n) is 6.25. The lowest BCUT2D eigenvalue weighted by molar-refractivity contribution is 0.0945. The van der Waals surface area contributed by atoms with Crippen LogP contribution in [-0.4, -0.2) is 47.4 Å². The Morgan fingerprint density at radius 1 is 0.893 bits per heavy atom. The van der Waals surface area contributed by atoms with Crippen LogP contribution < -0.4 is 18.9 Å². The van der Waals surface area contributed by atoms with E-state index in [0.29, 0.717) is 34.1 Å². The Hall–Kier alpha value is -2.77. The van der Waals surface area contributed by atoms with E-state index >= 15 is 0 Å². The lowest BCUT2D eigenvalue weighted by Gasteiger charge is -2.14. The first-order valence-electron chi connectivity index (χ1n) is 8.73. The van der Waals surface area contributed by atoms with Crippen molar-refractivity contribution in [2.75, 3.05) is 35.5 Å². The molecular formula is C21H24O7. The van der Waals surface area contributed by atoms with E-state index in [1.54, 1.807) is 46.6 Å². The zero-order chi connectivity index (χ0) is 20.3. The van der Waals surface area contributed by atoms with Crippen LogP contribution >= 0.6 is 0 Å². The highest BCUT2D eigenvalue weighted by Crippen LogP contribution is 2.45. The molecule has 1 aliphatic heterocycles. The molecule has 3 rings (SSSR count). The van der Waals surface area contributed by atoms with E-state index in [1.807, 2.05) is 12.1 Å². The summed E-state index contributed by atoms with van der Waals surface area (Å²) in [4.78, 5) is 13.2.